The fraction of sp³-hybridized carbons (Fsp3) is 0. The topological polar surface area (TPSA) is 92.8 Å². The van der Waals surface area contributed by atoms with Crippen molar-refractivity contribution in [1.82, 2.24) is 0 Å². The third kappa shape index (κ3) is 2.41. The highest BCUT2D eigenvalue weighted by atomic mass is 16.4. The number of nitrogens with zero attached hydrogens (tertiary/aromatic N) is 1. The SMILES string of the molecule is NC(=O)C1=NC=CC=C(C(=O)O)C=C1. The average Bonchev–Trinajstić information content (AvgIpc) is 2.01. The van der Waals surface area contributed by atoms with Gasteiger partial charge in [0.25, 0.3) is 5.91 Å². The fourth-order valence-electron chi connectivity index (χ4n) is 0.826. The van der Waals surface area contributed by atoms with Crippen LogP contribution in [0, 0.1) is 0 Å². The largest absolute Gasteiger partial charge is 0.478 e. The van der Waals surface area contributed by atoms with E-state index < -0.39 is 11.9 Å². The van der Waals surface area contributed by atoms with Crippen molar-refractivity contribution < 1.29 is 14.7 Å². The number of aliphatic imine (C=N–C) groups is 1. The lowest BCUT2D eigenvalue weighted by atomic mass is 10.2. The van der Waals surface area contributed by atoms with Crippen molar-refractivity contribution in [3.05, 3.63) is 36.1 Å². The molecule has 0 saturated carbocycles. The molecule has 0 radical (unpaired) electrons. The summed E-state index contributed by atoms with van der Waals surface area (Å²) >= 11 is 0. The van der Waals surface area contributed by atoms with Crippen LogP contribution in [0.4, 0.5) is 0 Å². The van der Waals surface area contributed by atoms with Crippen LogP contribution in [-0.4, -0.2) is 22.7 Å². The number of hydrogen-bond donors (Lipinski definition) is 2. The van der Waals surface area contributed by atoms with Crippen molar-refractivity contribution in [2.24, 2.45) is 10.7 Å². The van der Waals surface area contributed by atoms with Crippen LogP contribution in [0.2, 0.25) is 0 Å². The third-order valence-corrected chi connectivity index (χ3v) is 1.50. The molecule has 0 aromatic rings. The van der Waals surface area contributed by atoms with Gasteiger partial charge in [-0.2, -0.15) is 0 Å². The highest BCUT2D eigenvalue weighted by Gasteiger charge is 2.06. The zero-order valence-corrected chi connectivity index (χ0v) is 7.18. The number of amides is 1. The van der Waals surface area contributed by atoms with Crippen LogP contribution in [0.5, 0.6) is 0 Å². The lowest BCUT2D eigenvalue weighted by molar-refractivity contribution is -0.132. The summed E-state index contributed by atoms with van der Waals surface area (Å²) < 4.78 is 0. The predicted octanol–water partition coefficient (Wildman–Crippen LogP) is 0.00720. The molecule has 0 aliphatic carbocycles. The van der Waals surface area contributed by atoms with Gasteiger partial charge in [-0.25, -0.2) is 4.79 Å². The molecule has 3 N–H and O–H groups in total. The smallest absolute Gasteiger partial charge is 0.335 e. The number of carboxylic acids is 1. The van der Waals surface area contributed by atoms with Gasteiger partial charge in [-0.3, -0.25) is 9.79 Å². The molecule has 0 saturated heterocycles. The molecule has 0 aromatic carbocycles. The summed E-state index contributed by atoms with van der Waals surface area (Å²) in [6.07, 6.45) is 6.66. The summed E-state index contributed by atoms with van der Waals surface area (Å²) in [6.45, 7) is 0. The molecule has 14 heavy (non-hydrogen) atoms. The van der Waals surface area contributed by atoms with Crippen molar-refractivity contribution in [2.75, 3.05) is 0 Å². The van der Waals surface area contributed by atoms with Crippen molar-refractivity contribution in [3.8, 4) is 0 Å². The lowest BCUT2D eigenvalue weighted by Gasteiger charge is -1.97. The van der Waals surface area contributed by atoms with Crippen LogP contribution in [0.1, 0.15) is 0 Å². The standard InChI is InChI=1S/C9H8N2O3/c10-8(12)7-4-3-6(9(13)14)2-1-5-11-7/h1-5H,(H2,10,12)(H,13,14). The molecule has 0 unspecified atom stereocenters. The minimum Gasteiger partial charge on any atom is -0.478 e. The molecule has 0 spiro atoms. The second-order valence-electron chi connectivity index (χ2n) is 2.48. The number of carbonyl (C=O) groups is 2. The molecular formula is C9H8N2O3. The van der Waals surface area contributed by atoms with Gasteiger partial charge in [0.2, 0.25) is 0 Å². The van der Waals surface area contributed by atoms with Crippen molar-refractivity contribution in [3.63, 3.8) is 0 Å². The highest BCUT2D eigenvalue weighted by molar-refractivity contribution is 6.43. The number of primary amides is 1. The van der Waals surface area contributed by atoms with Crippen LogP contribution >= 0.6 is 0 Å². The third-order valence-electron chi connectivity index (χ3n) is 1.50. The molecule has 0 bridgehead atoms. The van der Waals surface area contributed by atoms with Gasteiger partial charge in [0.15, 0.2) is 0 Å². The molecule has 0 aromatic heterocycles. The highest BCUT2D eigenvalue weighted by Crippen LogP contribution is 2.01. The van der Waals surface area contributed by atoms with E-state index in [1.165, 1.54) is 30.5 Å². The predicted molar refractivity (Wildman–Crippen MR) is 50.6 cm³/mol. The normalized spacial score (nSPS) is 15.1. The van der Waals surface area contributed by atoms with E-state index in [1.54, 1.807) is 0 Å². The van der Waals surface area contributed by atoms with E-state index in [1.807, 2.05) is 0 Å². The van der Waals surface area contributed by atoms with Crippen molar-refractivity contribution in [1.29, 1.82) is 0 Å². The van der Waals surface area contributed by atoms with E-state index in [0.717, 1.165) is 0 Å². The second-order valence-corrected chi connectivity index (χ2v) is 2.48. The summed E-state index contributed by atoms with van der Waals surface area (Å²) in [4.78, 5) is 25.0. The maximum Gasteiger partial charge on any atom is 0.335 e. The van der Waals surface area contributed by atoms with Gasteiger partial charge in [-0.15, -0.1) is 0 Å². The minimum atomic E-state index is -1.07. The van der Waals surface area contributed by atoms with Gasteiger partial charge < -0.3 is 10.8 Å². The Balaban J connectivity index is 2.99. The number of allylic oxidation sites excluding steroid dienone is 2. The molecule has 5 nitrogen and oxygen atoms in total. The quantitative estimate of drug-likeness (QED) is 0.645. The molecule has 1 rings (SSSR count). The van der Waals surface area contributed by atoms with Gasteiger partial charge in [0.05, 0.1) is 5.57 Å². The molecule has 1 aliphatic heterocycles. The molecule has 72 valence electrons. The number of carbonyl (C=O) groups excluding carboxylic acids is 1. The minimum absolute atomic E-state index is 0.0214. The summed E-state index contributed by atoms with van der Waals surface area (Å²) in [6, 6.07) is 0. The zero-order chi connectivity index (χ0) is 10.6. The van der Waals surface area contributed by atoms with E-state index in [0.29, 0.717) is 0 Å². The van der Waals surface area contributed by atoms with Gasteiger partial charge in [0, 0.05) is 6.20 Å². The monoisotopic (exact) mass is 192 g/mol. The molecular weight excluding hydrogens is 184 g/mol. The Hall–Kier alpha value is -2.17. The van der Waals surface area contributed by atoms with E-state index in [9.17, 15) is 9.59 Å². The number of rotatable bonds is 2. The Bertz CT molecular complexity index is 353. The van der Waals surface area contributed by atoms with Crippen LogP contribution < -0.4 is 5.73 Å². The maximum atomic E-state index is 10.7. The first-order valence-corrected chi connectivity index (χ1v) is 3.77. The molecule has 1 aliphatic rings. The first-order chi connectivity index (χ1) is 6.61. The van der Waals surface area contributed by atoms with E-state index in [2.05, 4.69) is 4.99 Å². The fourth-order valence-corrected chi connectivity index (χ4v) is 0.826. The first kappa shape index (κ1) is 9.91. The average molecular weight is 192 g/mol. The van der Waals surface area contributed by atoms with Gasteiger partial charge in [-0.1, -0.05) is 0 Å². The van der Waals surface area contributed by atoms with Crippen LogP contribution in [0.15, 0.2) is 41.1 Å². The molecule has 0 atom stereocenters. The van der Waals surface area contributed by atoms with Gasteiger partial charge >= 0.3 is 5.97 Å². The number of aliphatic carboxylic acids is 1. The Morgan fingerprint density at radius 3 is 2.64 bits per heavy atom. The molecule has 5 heteroatoms. The van der Waals surface area contributed by atoms with Crippen LogP contribution in [0.25, 0.3) is 0 Å². The summed E-state index contributed by atoms with van der Waals surface area (Å²) in [5.74, 6) is -1.77. The van der Waals surface area contributed by atoms with E-state index in [4.69, 9.17) is 10.8 Å². The molecule has 0 fully saturated rings. The van der Waals surface area contributed by atoms with Crippen molar-refractivity contribution in [2.45, 2.75) is 0 Å². The summed E-state index contributed by atoms with van der Waals surface area (Å²) in [7, 11) is 0. The Labute approximate surface area is 79.9 Å². The van der Waals surface area contributed by atoms with Gasteiger partial charge in [-0.05, 0) is 24.3 Å². The van der Waals surface area contributed by atoms with E-state index in [-0.39, 0.29) is 11.3 Å². The van der Waals surface area contributed by atoms with Crippen molar-refractivity contribution >= 4 is 17.6 Å². The van der Waals surface area contributed by atoms with Crippen LogP contribution in [-0.2, 0) is 9.59 Å². The molecule has 1 amide bonds. The second kappa shape index (κ2) is 4.18. The summed E-state index contributed by atoms with van der Waals surface area (Å²) in [5, 5.41) is 8.67. The molecule has 1 heterocycles. The van der Waals surface area contributed by atoms with Crippen LogP contribution in [0.3, 0.4) is 0 Å². The lowest BCUT2D eigenvalue weighted by Crippen LogP contribution is -2.21. The van der Waals surface area contributed by atoms with Gasteiger partial charge in [0.1, 0.15) is 5.71 Å². The Morgan fingerprint density at radius 1 is 1.36 bits per heavy atom. The Morgan fingerprint density at radius 2 is 2.07 bits per heavy atom. The number of hydrogen-bond acceptors (Lipinski definition) is 3. The Kier molecular flexibility index (Phi) is 2.96. The summed E-state index contributed by atoms with van der Waals surface area (Å²) in [5.41, 5.74) is 5.07. The maximum absolute atomic E-state index is 10.7. The number of nitrogens with two attached hydrogens (primary N) is 1. The van der Waals surface area contributed by atoms with E-state index >= 15 is 0 Å². The number of carboxylic acid groups (broad SMARTS) is 1. The first-order valence-electron chi connectivity index (χ1n) is 3.77. The zero-order valence-electron chi connectivity index (χ0n) is 7.18.